The van der Waals surface area contributed by atoms with Gasteiger partial charge in [-0.3, -0.25) is 24.6 Å². The number of para-hydroxylation sites is 1. The lowest BCUT2D eigenvalue weighted by Gasteiger charge is -2.33. The number of carbonyl (C=O) groups is 5. The molecule has 4 atom stereocenters. The quantitative estimate of drug-likeness (QED) is 0.0777. The molecule has 0 fully saturated rings. The molecule has 0 aliphatic heterocycles. The molecule has 0 bridgehead atoms. The number of rotatable bonds is 19. The van der Waals surface area contributed by atoms with Crippen LogP contribution in [-0.4, -0.2) is 82.1 Å². The van der Waals surface area contributed by atoms with Gasteiger partial charge in [-0.05, 0) is 41.5 Å². The summed E-state index contributed by atoms with van der Waals surface area (Å²) in [5, 5.41) is 22.1. The number of hydrogen-bond acceptors (Lipinski definition) is 9. The molecule has 7 N–H and O–H groups in total. The number of primary amides is 1. The molecule has 4 aromatic rings. The van der Waals surface area contributed by atoms with Crippen LogP contribution in [0.1, 0.15) is 55.7 Å². The van der Waals surface area contributed by atoms with Gasteiger partial charge in [-0.25, -0.2) is 14.8 Å². The lowest BCUT2D eigenvalue weighted by atomic mass is 9.99. The summed E-state index contributed by atoms with van der Waals surface area (Å²) in [5.41, 5.74) is 10.5. The molecule has 0 aliphatic rings. The van der Waals surface area contributed by atoms with Crippen molar-refractivity contribution < 1.29 is 33.8 Å². The zero-order valence-electron chi connectivity index (χ0n) is 31.6. The molecule has 0 aliphatic carbocycles. The highest BCUT2D eigenvalue weighted by Crippen LogP contribution is 2.14. The molecule has 55 heavy (non-hydrogen) atoms. The van der Waals surface area contributed by atoms with Gasteiger partial charge in [0.05, 0.1) is 24.1 Å². The summed E-state index contributed by atoms with van der Waals surface area (Å²) in [5.74, 6) is -3.05. The van der Waals surface area contributed by atoms with E-state index in [1.807, 2.05) is 86.6 Å². The maximum absolute atomic E-state index is 13.8. The van der Waals surface area contributed by atoms with E-state index in [0.717, 1.165) is 16.5 Å². The molecule has 0 spiro atoms. The van der Waals surface area contributed by atoms with Gasteiger partial charge in [0.15, 0.2) is 0 Å². The Morgan fingerprint density at radius 3 is 2.04 bits per heavy atom. The van der Waals surface area contributed by atoms with Crippen LogP contribution in [0.4, 0.5) is 4.79 Å². The van der Waals surface area contributed by atoms with Crippen LogP contribution in [0.2, 0.25) is 0 Å². The minimum Gasteiger partial charge on any atom is -0.445 e. The van der Waals surface area contributed by atoms with Crippen molar-refractivity contribution in [3.63, 3.8) is 0 Å². The van der Waals surface area contributed by atoms with E-state index in [0.29, 0.717) is 12.1 Å². The molecular formula is C41H51N7O7. The number of alkyl carbamates (subject to hydrolysis) is 1. The zero-order valence-corrected chi connectivity index (χ0v) is 31.6. The third kappa shape index (κ3) is 13.5. The standard InChI is InChI=1S/C41H51N7O7/c1-26(2)23-48(47-40(53)37(27(3)4)46-41(54)55-25-29-15-9-6-10-16-29)24-35(49)33(21-28-13-7-5-8-14-28)44-39(52)34(22-36(42)50)45-38(51)32-20-19-30-17-11-12-18-31(30)43-32/h5-20,26-27,33-35,37,49H,21-25H2,1-4H3,(H2,42,50)(H,44,52)(H,45,51)(H,46,54)(H,47,53)/t33-,34-,35-,37-/m0/s1. The Morgan fingerprint density at radius 2 is 1.40 bits per heavy atom. The molecular weight excluding hydrogens is 702 g/mol. The fourth-order valence-corrected chi connectivity index (χ4v) is 5.88. The van der Waals surface area contributed by atoms with Crippen LogP contribution >= 0.6 is 0 Å². The van der Waals surface area contributed by atoms with Gasteiger partial charge in [-0.15, -0.1) is 0 Å². The SMILES string of the molecule is CC(C)CN(C[C@H](O)[C@H](Cc1ccccc1)NC(=O)[C@H](CC(N)=O)NC(=O)c1ccc2ccccc2n1)NC(=O)[C@@H](NC(=O)OCc1ccccc1)C(C)C. The summed E-state index contributed by atoms with van der Waals surface area (Å²) in [7, 11) is 0. The fourth-order valence-electron chi connectivity index (χ4n) is 5.88. The molecule has 1 aromatic heterocycles. The minimum atomic E-state index is -1.38. The fraction of sp³-hybridized carbons (Fsp3) is 0.366. The van der Waals surface area contributed by atoms with Gasteiger partial charge in [0.25, 0.3) is 11.8 Å². The number of amides is 5. The molecule has 1 heterocycles. The number of aliphatic hydroxyl groups is 1. The van der Waals surface area contributed by atoms with E-state index < -0.39 is 60.4 Å². The van der Waals surface area contributed by atoms with Crippen molar-refractivity contribution in [3.8, 4) is 0 Å². The molecule has 5 amide bonds. The Labute approximate surface area is 321 Å². The van der Waals surface area contributed by atoms with Crippen molar-refractivity contribution in [2.24, 2.45) is 17.6 Å². The molecule has 0 saturated carbocycles. The molecule has 14 nitrogen and oxygen atoms in total. The Hall–Kier alpha value is -5.86. The first-order valence-corrected chi connectivity index (χ1v) is 18.3. The predicted octanol–water partition coefficient (Wildman–Crippen LogP) is 3.24. The Morgan fingerprint density at radius 1 is 0.764 bits per heavy atom. The van der Waals surface area contributed by atoms with Crippen LogP contribution in [0.5, 0.6) is 0 Å². The second-order valence-corrected chi connectivity index (χ2v) is 14.2. The van der Waals surface area contributed by atoms with Crippen molar-refractivity contribution in [2.75, 3.05) is 13.1 Å². The van der Waals surface area contributed by atoms with Crippen LogP contribution in [0, 0.1) is 11.8 Å². The first kappa shape index (κ1) is 41.9. The van der Waals surface area contributed by atoms with Gasteiger partial charge in [-0.2, -0.15) is 0 Å². The molecule has 292 valence electrons. The summed E-state index contributed by atoms with van der Waals surface area (Å²) >= 11 is 0. The van der Waals surface area contributed by atoms with Crippen LogP contribution < -0.4 is 27.1 Å². The van der Waals surface area contributed by atoms with Crippen LogP contribution in [0.15, 0.2) is 97.1 Å². The molecule has 4 rings (SSSR count). The number of hydrogen-bond donors (Lipinski definition) is 6. The minimum absolute atomic E-state index is 0.0314. The topological polar surface area (TPSA) is 205 Å². The van der Waals surface area contributed by atoms with Gasteiger partial charge in [-0.1, -0.05) is 113 Å². The Kier molecular flexibility index (Phi) is 15.7. The monoisotopic (exact) mass is 753 g/mol. The van der Waals surface area contributed by atoms with Crippen LogP contribution in [0.25, 0.3) is 10.9 Å². The summed E-state index contributed by atoms with van der Waals surface area (Å²) in [6, 6.07) is 25.5. The largest absolute Gasteiger partial charge is 0.445 e. The average Bonchev–Trinajstić information content (AvgIpc) is 3.15. The summed E-state index contributed by atoms with van der Waals surface area (Å²) in [4.78, 5) is 69.9. The highest BCUT2D eigenvalue weighted by Gasteiger charge is 2.32. The molecule has 3 aromatic carbocycles. The van der Waals surface area contributed by atoms with Crippen LogP contribution in [-0.2, 0) is 32.1 Å². The Balaban J connectivity index is 1.49. The molecule has 0 unspecified atom stereocenters. The smallest absolute Gasteiger partial charge is 0.408 e. The van der Waals surface area contributed by atoms with E-state index in [4.69, 9.17) is 10.5 Å². The van der Waals surface area contributed by atoms with Crippen molar-refractivity contribution >= 4 is 40.6 Å². The highest BCUT2D eigenvalue weighted by atomic mass is 16.5. The number of fused-ring (bicyclic) bond motifs is 1. The summed E-state index contributed by atoms with van der Waals surface area (Å²) in [6.07, 6.45) is -2.36. The van der Waals surface area contributed by atoms with E-state index in [-0.39, 0.29) is 37.1 Å². The number of hydrazine groups is 1. The number of nitrogens with two attached hydrogens (primary N) is 1. The number of ether oxygens (including phenoxy) is 1. The van der Waals surface area contributed by atoms with Crippen LogP contribution in [0.3, 0.4) is 0 Å². The van der Waals surface area contributed by atoms with E-state index in [9.17, 15) is 29.1 Å². The highest BCUT2D eigenvalue weighted by molar-refractivity contribution is 5.99. The normalized spacial score (nSPS) is 13.5. The average molecular weight is 754 g/mol. The molecule has 0 radical (unpaired) electrons. The van der Waals surface area contributed by atoms with E-state index in [1.165, 1.54) is 6.07 Å². The predicted molar refractivity (Wildman–Crippen MR) is 208 cm³/mol. The number of benzene rings is 3. The summed E-state index contributed by atoms with van der Waals surface area (Å²) < 4.78 is 5.34. The summed E-state index contributed by atoms with van der Waals surface area (Å²) in [6.45, 7) is 7.67. The van der Waals surface area contributed by atoms with Crippen molar-refractivity contribution in [3.05, 3.63) is 114 Å². The van der Waals surface area contributed by atoms with Gasteiger partial charge >= 0.3 is 6.09 Å². The maximum atomic E-state index is 13.8. The number of aliphatic hydroxyl groups excluding tert-OH is 1. The van der Waals surface area contributed by atoms with Crippen molar-refractivity contribution in [2.45, 2.75) is 71.4 Å². The van der Waals surface area contributed by atoms with Gasteiger partial charge in [0.1, 0.15) is 24.4 Å². The van der Waals surface area contributed by atoms with E-state index in [1.54, 1.807) is 37.1 Å². The Bertz CT molecular complexity index is 1890. The second-order valence-electron chi connectivity index (χ2n) is 14.2. The second kappa shape index (κ2) is 20.6. The number of nitrogens with zero attached hydrogens (tertiary/aromatic N) is 2. The van der Waals surface area contributed by atoms with E-state index in [2.05, 4.69) is 26.4 Å². The number of aromatic nitrogens is 1. The first-order valence-electron chi connectivity index (χ1n) is 18.3. The van der Waals surface area contributed by atoms with Crippen molar-refractivity contribution in [1.82, 2.24) is 31.4 Å². The third-order valence-electron chi connectivity index (χ3n) is 8.65. The number of carbonyl (C=O) groups excluding carboxylic acids is 5. The van der Waals surface area contributed by atoms with Crippen molar-refractivity contribution in [1.29, 1.82) is 0 Å². The van der Waals surface area contributed by atoms with Gasteiger partial charge in [0.2, 0.25) is 11.8 Å². The third-order valence-corrected chi connectivity index (χ3v) is 8.65. The zero-order chi connectivity index (χ0) is 39.9. The first-order chi connectivity index (χ1) is 26.3. The lowest BCUT2D eigenvalue weighted by molar-refractivity contribution is -0.131. The van der Waals surface area contributed by atoms with Gasteiger partial charge in [0, 0.05) is 18.5 Å². The maximum Gasteiger partial charge on any atom is 0.408 e. The van der Waals surface area contributed by atoms with E-state index >= 15 is 0 Å². The molecule has 0 saturated heterocycles. The number of pyridine rings is 1. The number of nitrogens with one attached hydrogen (secondary N) is 4. The van der Waals surface area contributed by atoms with Gasteiger partial charge < -0.3 is 31.5 Å². The molecule has 14 heteroatoms. The lowest BCUT2D eigenvalue weighted by Crippen LogP contribution is -2.59.